The van der Waals surface area contributed by atoms with Gasteiger partial charge in [0.25, 0.3) is 0 Å². The first-order valence-electron chi connectivity index (χ1n) is 4.66. The van der Waals surface area contributed by atoms with Gasteiger partial charge in [-0.3, -0.25) is 0 Å². The van der Waals surface area contributed by atoms with Crippen LogP contribution in [0.5, 0.6) is 5.75 Å². The van der Waals surface area contributed by atoms with Crippen LogP contribution in [0.1, 0.15) is 13.3 Å². The molecule has 2 heteroatoms. The highest BCUT2D eigenvalue weighted by Crippen LogP contribution is 2.27. The van der Waals surface area contributed by atoms with Crippen molar-refractivity contribution in [3.63, 3.8) is 0 Å². The molecule has 0 spiro atoms. The number of rotatable bonds is 3. The van der Waals surface area contributed by atoms with Crippen molar-refractivity contribution in [3.05, 3.63) is 30.3 Å². The summed E-state index contributed by atoms with van der Waals surface area (Å²) in [6.07, 6.45) is 1.00. The second kappa shape index (κ2) is 3.38. The molecule has 0 bridgehead atoms. The Morgan fingerprint density at radius 2 is 2.00 bits per heavy atom. The lowest BCUT2D eigenvalue weighted by Gasteiger charge is -2.40. The van der Waals surface area contributed by atoms with E-state index in [0.29, 0.717) is 0 Å². The molecule has 1 fully saturated rings. The molecular formula is C11H14O2. The molecule has 0 aliphatic carbocycles. The molecule has 1 saturated heterocycles. The Kier molecular flexibility index (Phi) is 2.23. The van der Waals surface area contributed by atoms with Gasteiger partial charge in [0.2, 0.25) is 0 Å². The van der Waals surface area contributed by atoms with Crippen LogP contribution in [0, 0.1) is 0 Å². The highest BCUT2D eigenvalue weighted by molar-refractivity contribution is 5.22. The first kappa shape index (κ1) is 8.57. The third-order valence-corrected chi connectivity index (χ3v) is 2.45. The summed E-state index contributed by atoms with van der Waals surface area (Å²) in [6, 6.07) is 9.92. The number of para-hydroxylation sites is 1. The van der Waals surface area contributed by atoms with Crippen LogP contribution in [-0.2, 0) is 4.74 Å². The highest BCUT2D eigenvalue weighted by Gasteiger charge is 2.39. The summed E-state index contributed by atoms with van der Waals surface area (Å²) in [6.45, 7) is 3.57. The maximum atomic E-state index is 5.86. The third kappa shape index (κ3) is 1.68. The fourth-order valence-electron chi connectivity index (χ4n) is 1.40. The summed E-state index contributed by atoms with van der Waals surface area (Å²) in [5, 5.41) is 0. The molecular weight excluding hydrogens is 164 g/mol. The summed E-state index contributed by atoms with van der Waals surface area (Å²) >= 11 is 0. The van der Waals surface area contributed by atoms with Crippen LogP contribution in [0.3, 0.4) is 0 Å². The van der Waals surface area contributed by atoms with Gasteiger partial charge in [0.05, 0.1) is 13.2 Å². The van der Waals surface area contributed by atoms with Gasteiger partial charge in [-0.1, -0.05) is 25.1 Å². The fraction of sp³-hybridized carbons (Fsp3) is 0.455. The number of hydrogen-bond acceptors (Lipinski definition) is 2. The summed E-state index contributed by atoms with van der Waals surface area (Å²) in [7, 11) is 0. The van der Waals surface area contributed by atoms with Crippen molar-refractivity contribution < 1.29 is 9.47 Å². The molecule has 0 amide bonds. The SMILES string of the molecule is CCC1(Oc2ccccc2)COC1. The van der Waals surface area contributed by atoms with Gasteiger partial charge in [-0.15, -0.1) is 0 Å². The standard InChI is InChI=1S/C11H14O2/c1-2-11(8-12-9-11)13-10-6-4-3-5-7-10/h3-7H,2,8-9H2,1H3. The zero-order valence-corrected chi connectivity index (χ0v) is 7.82. The van der Waals surface area contributed by atoms with Crippen LogP contribution < -0.4 is 4.74 Å². The first-order chi connectivity index (χ1) is 6.35. The van der Waals surface area contributed by atoms with Gasteiger partial charge in [0, 0.05) is 0 Å². The largest absolute Gasteiger partial charge is 0.482 e. The van der Waals surface area contributed by atoms with E-state index in [4.69, 9.17) is 9.47 Å². The summed E-state index contributed by atoms with van der Waals surface area (Å²) in [4.78, 5) is 0. The van der Waals surface area contributed by atoms with Gasteiger partial charge >= 0.3 is 0 Å². The molecule has 0 unspecified atom stereocenters. The molecule has 0 saturated carbocycles. The zero-order chi connectivity index (χ0) is 9.15. The zero-order valence-electron chi connectivity index (χ0n) is 7.82. The number of hydrogen-bond donors (Lipinski definition) is 0. The van der Waals surface area contributed by atoms with Crippen molar-refractivity contribution in [2.75, 3.05) is 13.2 Å². The van der Waals surface area contributed by atoms with Crippen LogP contribution in [0.15, 0.2) is 30.3 Å². The van der Waals surface area contributed by atoms with E-state index in [1.54, 1.807) is 0 Å². The van der Waals surface area contributed by atoms with Crippen molar-refractivity contribution in [3.8, 4) is 5.75 Å². The lowest BCUT2D eigenvalue weighted by atomic mass is 9.99. The van der Waals surface area contributed by atoms with Gasteiger partial charge in [0.15, 0.2) is 5.60 Å². The Balaban J connectivity index is 2.05. The van der Waals surface area contributed by atoms with Gasteiger partial charge in [0.1, 0.15) is 5.75 Å². The molecule has 0 atom stereocenters. The van der Waals surface area contributed by atoms with Crippen molar-refractivity contribution in [1.82, 2.24) is 0 Å². The Hall–Kier alpha value is -1.02. The maximum Gasteiger partial charge on any atom is 0.155 e. The van der Waals surface area contributed by atoms with E-state index in [9.17, 15) is 0 Å². The Morgan fingerprint density at radius 1 is 1.31 bits per heavy atom. The minimum atomic E-state index is -0.0542. The molecule has 1 aromatic rings. The molecule has 2 nitrogen and oxygen atoms in total. The smallest absolute Gasteiger partial charge is 0.155 e. The first-order valence-corrected chi connectivity index (χ1v) is 4.66. The van der Waals surface area contributed by atoms with Gasteiger partial charge in [-0.2, -0.15) is 0 Å². The molecule has 1 aliphatic rings. The minimum absolute atomic E-state index is 0.0542. The van der Waals surface area contributed by atoms with Crippen molar-refractivity contribution in [1.29, 1.82) is 0 Å². The van der Waals surface area contributed by atoms with E-state index in [1.807, 2.05) is 30.3 Å². The average Bonchev–Trinajstić information content (AvgIpc) is 2.13. The second-order valence-corrected chi connectivity index (χ2v) is 3.44. The Bertz CT molecular complexity index is 259. The predicted molar refractivity (Wildman–Crippen MR) is 50.9 cm³/mol. The molecule has 1 aromatic carbocycles. The molecule has 0 N–H and O–H groups in total. The predicted octanol–water partition coefficient (Wildman–Crippen LogP) is 2.24. The third-order valence-electron chi connectivity index (χ3n) is 2.45. The van der Waals surface area contributed by atoms with Crippen molar-refractivity contribution in [2.24, 2.45) is 0 Å². The molecule has 2 rings (SSSR count). The lowest BCUT2D eigenvalue weighted by Crippen LogP contribution is -2.53. The molecule has 0 aromatic heterocycles. The average molecular weight is 178 g/mol. The molecule has 0 radical (unpaired) electrons. The van der Waals surface area contributed by atoms with E-state index in [1.165, 1.54) is 0 Å². The van der Waals surface area contributed by atoms with Crippen LogP contribution in [0.4, 0.5) is 0 Å². The Labute approximate surface area is 78.5 Å². The minimum Gasteiger partial charge on any atom is -0.482 e. The van der Waals surface area contributed by atoms with E-state index < -0.39 is 0 Å². The van der Waals surface area contributed by atoms with Gasteiger partial charge < -0.3 is 9.47 Å². The monoisotopic (exact) mass is 178 g/mol. The second-order valence-electron chi connectivity index (χ2n) is 3.44. The Morgan fingerprint density at radius 3 is 2.46 bits per heavy atom. The quantitative estimate of drug-likeness (QED) is 0.706. The summed E-state index contributed by atoms with van der Waals surface area (Å²) in [5.41, 5.74) is -0.0542. The normalized spacial score (nSPS) is 19.2. The van der Waals surface area contributed by atoms with Crippen LogP contribution >= 0.6 is 0 Å². The number of benzene rings is 1. The van der Waals surface area contributed by atoms with Gasteiger partial charge in [-0.25, -0.2) is 0 Å². The molecule has 1 heterocycles. The van der Waals surface area contributed by atoms with Crippen molar-refractivity contribution >= 4 is 0 Å². The van der Waals surface area contributed by atoms with E-state index >= 15 is 0 Å². The maximum absolute atomic E-state index is 5.86. The number of ether oxygens (including phenoxy) is 2. The van der Waals surface area contributed by atoms with E-state index in [0.717, 1.165) is 25.4 Å². The molecule has 70 valence electrons. The fourth-order valence-corrected chi connectivity index (χ4v) is 1.40. The van der Waals surface area contributed by atoms with E-state index in [-0.39, 0.29) is 5.60 Å². The van der Waals surface area contributed by atoms with Crippen LogP contribution in [-0.4, -0.2) is 18.8 Å². The summed E-state index contributed by atoms with van der Waals surface area (Å²) in [5.74, 6) is 0.938. The topological polar surface area (TPSA) is 18.5 Å². The van der Waals surface area contributed by atoms with Crippen LogP contribution in [0.25, 0.3) is 0 Å². The van der Waals surface area contributed by atoms with Crippen molar-refractivity contribution in [2.45, 2.75) is 18.9 Å². The van der Waals surface area contributed by atoms with Gasteiger partial charge in [-0.05, 0) is 18.6 Å². The summed E-state index contributed by atoms with van der Waals surface area (Å²) < 4.78 is 11.0. The molecule has 1 aliphatic heterocycles. The van der Waals surface area contributed by atoms with Crippen LogP contribution in [0.2, 0.25) is 0 Å². The lowest BCUT2D eigenvalue weighted by molar-refractivity contribution is -0.162. The highest BCUT2D eigenvalue weighted by atomic mass is 16.6. The molecule has 13 heavy (non-hydrogen) atoms. The van der Waals surface area contributed by atoms with E-state index in [2.05, 4.69) is 6.92 Å².